The Morgan fingerprint density at radius 2 is 2.25 bits per heavy atom. The van der Waals surface area contributed by atoms with Crippen molar-refractivity contribution in [1.29, 1.82) is 0 Å². The van der Waals surface area contributed by atoms with Crippen molar-refractivity contribution >= 4 is 0 Å². The molecule has 2 rings (SSSR count). The third-order valence-corrected chi connectivity index (χ3v) is 4.34. The summed E-state index contributed by atoms with van der Waals surface area (Å²) in [6.45, 7) is 11.3. The number of aromatic nitrogens is 2. The van der Waals surface area contributed by atoms with Gasteiger partial charge in [0.1, 0.15) is 6.10 Å². The fourth-order valence-electron chi connectivity index (χ4n) is 2.85. The van der Waals surface area contributed by atoms with Gasteiger partial charge in [-0.1, -0.05) is 25.9 Å². The molecule has 5 nitrogen and oxygen atoms in total. The molecule has 20 heavy (non-hydrogen) atoms. The van der Waals surface area contributed by atoms with E-state index in [1.165, 1.54) is 12.8 Å². The van der Waals surface area contributed by atoms with Crippen molar-refractivity contribution in [1.82, 2.24) is 15.5 Å². The van der Waals surface area contributed by atoms with Crippen molar-refractivity contribution in [2.75, 3.05) is 19.7 Å². The van der Waals surface area contributed by atoms with Crippen LogP contribution in [0, 0.1) is 5.92 Å². The summed E-state index contributed by atoms with van der Waals surface area (Å²) in [4.78, 5) is 4.62. The predicted octanol–water partition coefficient (Wildman–Crippen LogP) is 2.83. The summed E-state index contributed by atoms with van der Waals surface area (Å²) in [5.41, 5.74) is -0.0941. The predicted molar refractivity (Wildman–Crippen MR) is 77.6 cm³/mol. The van der Waals surface area contributed by atoms with Crippen LogP contribution >= 0.6 is 0 Å². The fourth-order valence-corrected chi connectivity index (χ4v) is 2.85. The van der Waals surface area contributed by atoms with Gasteiger partial charge in [-0.2, -0.15) is 4.98 Å². The standard InChI is InChI=1S/C15H27N3O2/c1-5-12(19-6-2)13-17-14(20-18-13)15(3,4)11-8-7-9-16-10-11/h11-12,16H,5-10H2,1-4H3. The molecule has 1 aromatic heterocycles. The minimum absolute atomic E-state index is 0.0576. The highest BCUT2D eigenvalue weighted by Gasteiger charge is 2.37. The van der Waals surface area contributed by atoms with E-state index in [0.717, 1.165) is 25.4 Å². The van der Waals surface area contributed by atoms with E-state index >= 15 is 0 Å². The Hall–Kier alpha value is -0.940. The van der Waals surface area contributed by atoms with Gasteiger partial charge in [0.2, 0.25) is 11.7 Å². The molecule has 0 saturated carbocycles. The van der Waals surface area contributed by atoms with Crippen LogP contribution in [0.2, 0.25) is 0 Å². The third kappa shape index (κ3) is 3.20. The molecule has 2 heterocycles. The highest BCUT2D eigenvalue weighted by Crippen LogP contribution is 2.35. The highest BCUT2D eigenvalue weighted by molar-refractivity contribution is 5.06. The number of nitrogens with one attached hydrogen (secondary N) is 1. The van der Waals surface area contributed by atoms with E-state index in [2.05, 4.69) is 36.2 Å². The molecular weight excluding hydrogens is 254 g/mol. The molecule has 2 atom stereocenters. The number of piperidine rings is 1. The smallest absolute Gasteiger partial charge is 0.232 e. The molecule has 0 radical (unpaired) electrons. The molecule has 114 valence electrons. The number of hydrogen-bond donors (Lipinski definition) is 1. The lowest BCUT2D eigenvalue weighted by Gasteiger charge is -2.34. The molecule has 1 aliphatic rings. The average molecular weight is 281 g/mol. The molecule has 0 bridgehead atoms. The van der Waals surface area contributed by atoms with Gasteiger partial charge in [-0.3, -0.25) is 0 Å². The number of nitrogens with zero attached hydrogens (tertiary/aromatic N) is 2. The van der Waals surface area contributed by atoms with Crippen LogP contribution in [0.25, 0.3) is 0 Å². The van der Waals surface area contributed by atoms with E-state index in [4.69, 9.17) is 9.26 Å². The van der Waals surface area contributed by atoms with Crippen LogP contribution in [0.15, 0.2) is 4.52 Å². The number of rotatable bonds is 6. The Morgan fingerprint density at radius 1 is 1.45 bits per heavy atom. The maximum atomic E-state index is 5.65. The van der Waals surface area contributed by atoms with Crippen LogP contribution in [-0.4, -0.2) is 29.8 Å². The molecule has 5 heteroatoms. The van der Waals surface area contributed by atoms with Gasteiger partial charge in [0.25, 0.3) is 0 Å². The molecular formula is C15H27N3O2. The monoisotopic (exact) mass is 281 g/mol. The summed E-state index contributed by atoms with van der Waals surface area (Å²) in [7, 11) is 0. The Balaban J connectivity index is 2.13. The molecule has 1 N–H and O–H groups in total. The van der Waals surface area contributed by atoms with Gasteiger partial charge in [0.15, 0.2) is 0 Å². The first-order valence-corrected chi connectivity index (χ1v) is 7.76. The molecule has 0 spiro atoms. The maximum Gasteiger partial charge on any atom is 0.232 e. The Labute approximate surface area is 121 Å². The van der Waals surface area contributed by atoms with E-state index in [1.54, 1.807) is 0 Å². The van der Waals surface area contributed by atoms with Crippen LogP contribution in [-0.2, 0) is 10.2 Å². The van der Waals surface area contributed by atoms with Crippen molar-refractivity contribution in [3.63, 3.8) is 0 Å². The molecule has 0 amide bonds. The van der Waals surface area contributed by atoms with Crippen LogP contribution in [0.3, 0.4) is 0 Å². The first-order valence-electron chi connectivity index (χ1n) is 7.76. The SMILES string of the molecule is CCOC(CC)c1noc(C(C)(C)C2CCCNC2)n1. The lowest BCUT2D eigenvalue weighted by molar-refractivity contribution is 0.0518. The van der Waals surface area contributed by atoms with Gasteiger partial charge < -0.3 is 14.6 Å². The minimum Gasteiger partial charge on any atom is -0.370 e. The number of hydrogen-bond acceptors (Lipinski definition) is 5. The average Bonchev–Trinajstić information content (AvgIpc) is 2.96. The van der Waals surface area contributed by atoms with Crippen molar-refractivity contribution in [2.24, 2.45) is 5.92 Å². The second-order valence-electron chi connectivity index (χ2n) is 6.07. The first-order chi connectivity index (χ1) is 9.59. The van der Waals surface area contributed by atoms with Crippen LogP contribution in [0.4, 0.5) is 0 Å². The van der Waals surface area contributed by atoms with E-state index in [9.17, 15) is 0 Å². The summed E-state index contributed by atoms with van der Waals surface area (Å²) < 4.78 is 11.2. The van der Waals surface area contributed by atoms with Gasteiger partial charge in [0, 0.05) is 12.0 Å². The van der Waals surface area contributed by atoms with Crippen molar-refractivity contribution in [2.45, 2.75) is 58.5 Å². The number of ether oxygens (including phenoxy) is 1. The van der Waals surface area contributed by atoms with Crippen molar-refractivity contribution in [3.05, 3.63) is 11.7 Å². The second kappa shape index (κ2) is 6.68. The fraction of sp³-hybridized carbons (Fsp3) is 0.867. The van der Waals surface area contributed by atoms with Crippen LogP contribution in [0.5, 0.6) is 0 Å². The molecule has 0 aliphatic carbocycles. The molecule has 1 aliphatic heterocycles. The zero-order valence-corrected chi connectivity index (χ0v) is 13.1. The Kier molecular flexibility index (Phi) is 5.16. The quantitative estimate of drug-likeness (QED) is 0.869. The van der Waals surface area contributed by atoms with Gasteiger partial charge in [0.05, 0.1) is 0 Å². The van der Waals surface area contributed by atoms with Crippen LogP contribution < -0.4 is 5.32 Å². The lowest BCUT2D eigenvalue weighted by Crippen LogP contribution is -2.41. The van der Waals surface area contributed by atoms with Gasteiger partial charge in [-0.15, -0.1) is 0 Å². The van der Waals surface area contributed by atoms with Gasteiger partial charge in [-0.05, 0) is 45.2 Å². The molecule has 1 fully saturated rings. The summed E-state index contributed by atoms with van der Waals surface area (Å²) in [5, 5.41) is 7.59. The third-order valence-electron chi connectivity index (χ3n) is 4.34. The summed E-state index contributed by atoms with van der Waals surface area (Å²) in [6, 6.07) is 0. The zero-order valence-electron chi connectivity index (χ0n) is 13.1. The van der Waals surface area contributed by atoms with Crippen molar-refractivity contribution < 1.29 is 9.26 Å². The van der Waals surface area contributed by atoms with E-state index in [1.807, 2.05) is 6.92 Å². The maximum absolute atomic E-state index is 5.65. The molecule has 2 unspecified atom stereocenters. The second-order valence-corrected chi connectivity index (χ2v) is 6.07. The van der Waals surface area contributed by atoms with Crippen LogP contribution in [0.1, 0.15) is 64.8 Å². The summed E-state index contributed by atoms with van der Waals surface area (Å²) in [6.07, 6.45) is 3.22. The zero-order chi connectivity index (χ0) is 14.6. The first kappa shape index (κ1) is 15.4. The molecule has 0 aromatic carbocycles. The van der Waals surface area contributed by atoms with Crippen molar-refractivity contribution in [3.8, 4) is 0 Å². The van der Waals surface area contributed by atoms with E-state index in [0.29, 0.717) is 18.3 Å². The minimum atomic E-state index is -0.0941. The summed E-state index contributed by atoms with van der Waals surface area (Å²) >= 11 is 0. The lowest BCUT2D eigenvalue weighted by atomic mass is 9.75. The molecule has 1 aromatic rings. The summed E-state index contributed by atoms with van der Waals surface area (Å²) in [5.74, 6) is 1.96. The Bertz CT molecular complexity index is 411. The van der Waals surface area contributed by atoms with E-state index in [-0.39, 0.29) is 11.5 Å². The normalized spacial score (nSPS) is 21.9. The van der Waals surface area contributed by atoms with E-state index < -0.39 is 0 Å². The highest BCUT2D eigenvalue weighted by atomic mass is 16.5. The van der Waals surface area contributed by atoms with Gasteiger partial charge >= 0.3 is 0 Å². The largest absolute Gasteiger partial charge is 0.370 e. The Morgan fingerprint density at radius 3 is 2.85 bits per heavy atom. The molecule has 1 saturated heterocycles. The topological polar surface area (TPSA) is 60.2 Å². The van der Waals surface area contributed by atoms with Gasteiger partial charge in [-0.25, -0.2) is 0 Å².